The third-order valence-electron chi connectivity index (χ3n) is 4.39. The zero-order chi connectivity index (χ0) is 19.4. The lowest BCUT2D eigenvalue weighted by Gasteiger charge is -2.30. The molecule has 0 unspecified atom stereocenters. The van der Waals surface area contributed by atoms with Gasteiger partial charge in [0, 0.05) is 29.3 Å². The van der Waals surface area contributed by atoms with E-state index in [9.17, 15) is 9.59 Å². The summed E-state index contributed by atoms with van der Waals surface area (Å²) in [6.45, 7) is 7.60. The molecule has 2 amide bonds. The van der Waals surface area contributed by atoms with E-state index in [1.807, 2.05) is 19.2 Å². The van der Waals surface area contributed by atoms with Gasteiger partial charge < -0.3 is 15.0 Å². The molecular weight excluding hydrogens is 382 g/mol. The molecule has 0 spiro atoms. The van der Waals surface area contributed by atoms with E-state index >= 15 is 0 Å². The average Bonchev–Trinajstić information content (AvgIpc) is 3.28. The van der Waals surface area contributed by atoms with E-state index in [0.717, 1.165) is 10.6 Å². The Labute approximate surface area is 167 Å². The van der Waals surface area contributed by atoms with Crippen LogP contribution in [-0.2, 0) is 9.53 Å². The van der Waals surface area contributed by atoms with E-state index in [2.05, 4.69) is 29.4 Å². The number of thiophene rings is 1. The Morgan fingerprint density at radius 3 is 2.70 bits per heavy atom. The second-order valence-corrected chi connectivity index (χ2v) is 9.32. The van der Waals surface area contributed by atoms with Crippen LogP contribution in [0, 0.1) is 18.8 Å². The minimum Gasteiger partial charge on any atom is -0.449 e. The average molecular weight is 408 g/mol. The maximum absolute atomic E-state index is 12.5. The molecule has 3 rings (SSSR count). The number of likely N-dealkylation sites (tertiary alicyclic amines) is 1. The number of amides is 2. The molecule has 146 valence electrons. The lowest BCUT2D eigenvalue weighted by molar-refractivity contribution is -0.121. The summed E-state index contributed by atoms with van der Waals surface area (Å²) in [6, 6.07) is 4.12. The van der Waals surface area contributed by atoms with Gasteiger partial charge >= 0.3 is 6.09 Å². The van der Waals surface area contributed by atoms with E-state index in [-0.39, 0.29) is 17.9 Å². The van der Waals surface area contributed by atoms with Crippen LogP contribution in [0.25, 0.3) is 10.6 Å². The molecule has 0 radical (unpaired) electrons. The molecule has 0 aromatic carbocycles. The third-order valence-corrected chi connectivity index (χ3v) is 6.17. The van der Waals surface area contributed by atoms with E-state index in [1.54, 1.807) is 16.2 Å². The lowest BCUT2D eigenvalue weighted by Crippen LogP contribution is -2.42. The van der Waals surface area contributed by atoms with Crippen molar-refractivity contribution in [1.29, 1.82) is 0 Å². The standard InChI is InChI=1S/C19H25N3O3S2/c1-12(2)10-25-19(24)22-8-6-14(7-9-22)17(23)21-18-20-15(11-26-18)16-5-4-13(3)27-16/h4-5,11-12,14H,6-10H2,1-3H3,(H,20,21,23). The normalized spacial score (nSPS) is 15.2. The summed E-state index contributed by atoms with van der Waals surface area (Å²) in [5, 5.41) is 5.52. The fraction of sp³-hybridized carbons (Fsp3) is 0.526. The highest BCUT2D eigenvalue weighted by atomic mass is 32.1. The largest absolute Gasteiger partial charge is 0.449 e. The molecule has 0 atom stereocenters. The predicted octanol–water partition coefficient (Wildman–Crippen LogP) is 4.62. The number of aryl methyl sites for hydroxylation is 1. The van der Waals surface area contributed by atoms with Gasteiger partial charge in [-0.3, -0.25) is 4.79 Å². The summed E-state index contributed by atoms with van der Waals surface area (Å²) in [5.41, 5.74) is 0.899. The molecule has 2 aromatic rings. The number of aromatic nitrogens is 1. The maximum atomic E-state index is 12.5. The topological polar surface area (TPSA) is 71.5 Å². The number of rotatable bonds is 5. The third kappa shape index (κ3) is 5.29. The van der Waals surface area contributed by atoms with Gasteiger partial charge in [0.2, 0.25) is 5.91 Å². The molecule has 27 heavy (non-hydrogen) atoms. The molecule has 8 heteroatoms. The van der Waals surface area contributed by atoms with Crippen LogP contribution in [0.15, 0.2) is 17.5 Å². The van der Waals surface area contributed by atoms with Crippen LogP contribution in [0.3, 0.4) is 0 Å². The highest BCUT2D eigenvalue weighted by Crippen LogP contribution is 2.31. The van der Waals surface area contributed by atoms with Gasteiger partial charge in [-0.15, -0.1) is 22.7 Å². The molecule has 0 saturated carbocycles. The Morgan fingerprint density at radius 2 is 2.07 bits per heavy atom. The summed E-state index contributed by atoms with van der Waals surface area (Å²) in [6.07, 6.45) is 1.01. The quantitative estimate of drug-likeness (QED) is 0.785. The van der Waals surface area contributed by atoms with E-state index in [0.29, 0.717) is 43.6 Å². The number of thiazole rings is 1. The highest BCUT2D eigenvalue weighted by Gasteiger charge is 2.28. The van der Waals surface area contributed by atoms with Crippen molar-refractivity contribution < 1.29 is 14.3 Å². The smallest absolute Gasteiger partial charge is 0.409 e. The summed E-state index contributed by atoms with van der Waals surface area (Å²) in [4.78, 5) is 33.1. The predicted molar refractivity (Wildman–Crippen MR) is 109 cm³/mol. The van der Waals surface area contributed by atoms with E-state index in [4.69, 9.17) is 4.74 Å². The van der Waals surface area contributed by atoms with Crippen LogP contribution < -0.4 is 5.32 Å². The number of nitrogens with one attached hydrogen (secondary N) is 1. The first kappa shape index (κ1) is 19.8. The molecule has 1 aliphatic rings. The molecule has 1 aliphatic heterocycles. The van der Waals surface area contributed by atoms with Crippen molar-refractivity contribution in [2.45, 2.75) is 33.6 Å². The monoisotopic (exact) mass is 407 g/mol. The molecule has 6 nitrogen and oxygen atoms in total. The summed E-state index contributed by atoms with van der Waals surface area (Å²) >= 11 is 3.13. The highest BCUT2D eigenvalue weighted by molar-refractivity contribution is 7.17. The minimum absolute atomic E-state index is 0.0199. The Kier molecular flexibility index (Phi) is 6.49. The Hall–Kier alpha value is -1.93. The molecule has 3 heterocycles. The number of nitrogens with zero attached hydrogens (tertiary/aromatic N) is 2. The Morgan fingerprint density at radius 1 is 1.33 bits per heavy atom. The van der Waals surface area contributed by atoms with Gasteiger partial charge in [0.15, 0.2) is 5.13 Å². The van der Waals surface area contributed by atoms with Crippen molar-refractivity contribution >= 4 is 39.8 Å². The van der Waals surface area contributed by atoms with Crippen molar-refractivity contribution in [3.8, 4) is 10.6 Å². The first-order chi connectivity index (χ1) is 12.9. The van der Waals surface area contributed by atoms with Crippen LogP contribution in [0.4, 0.5) is 9.93 Å². The van der Waals surface area contributed by atoms with Crippen LogP contribution in [0.1, 0.15) is 31.6 Å². The number of piperidine rings is 1. The van der Waals surface area contributed by atoms with Gasteiger partial charge in [-0.1, -0.05) is 13.8 Å². The fourth-order valence-corrected chi connectivity index (χ4v) is 4.49. The van der Waals surface area contributed by atoms with Gasteiger partial charge in [-0.05, 0) is 37.8 Å². The summed E-state index contributed by atoms with van der Waals surface area (Å²) < 4.78 is 5.26. The van der Waals surface area contributed by atoms with Gasteiger partial charge in [-0.25, -0.2) is 9.78 Å². The molecule has 0 aliphatic carbocycles. The fourth-order valence-electron chi connectivity index (χ4n) is 2.88. The number of hydrogen-bond acceptors (Lipinski definition) is 6. The van der Waals surface area contributed by atoms with Crippen molar-refractivity contribution in [1.82, 2.24) is 9.88 Å². The number of anilines is 1. The van der Waals surface area contributed by atoms with Crippen molar-refractivity contribution in [2.75, 3.05) is 25.0 Å². The number of carbonyl (C=O) groups excluding carboxylic acids is 2. The van der Waals surface area contributed by atoms with Crippen LogP contribution in [-0.4, -0.2) is 41.6 Å². The van der Waals surface area contributed by atoms with Crippen LogP contribution in [0.5, 0.6) is 0 Å². The Balaban J connectivity index is 1.48. The van der Waals surface area contributed by atoms with Gasteiger partial charge in [-0.2, -0.15) is 0 Å². The Bertz CT molecular complexity index is 792. The molecule has 1 N–H and O–H groups in total. The minimum atomic E-state index is -0.279. The summed E-state index contributed by atoms with van der Waals surface area (Å²) in [7, 11) is 0. The van der Waals surface area contributed by atoms with Gasteiger partial charge in [0.1, 0.15) is 0 Å². The van der Waals surface area contributed by atoms with Crippen LogP contribution in [0.2, 0.25) is 0 Å². The first-order valence-corrected chi connectivity index (χ1v) is 10.9. The van der Waals surface area contributed by atoms with Crippen molar-refractivity contribution in [2.24, 2.45) is 11.8 Å². The van der Waals surface area contributed by atoms with Crippen molar-refractivity contribution in [3.63, 3.8) is 0 Å². The second kappa shape index (κ2) is 8.84. The zero-order valence-electron chi connectivity index (χ0n) is 15.9. The van der Waals surface area contributed by atoms with E-state index < -0.39 is 0 Å². The molecule has 1 saturated heterocycles. The maximum Gasteiger partial charge on any atom is 0.409 e. The van der Waals surface area contributed by atoms with Crippen LogP contribution >= 0.6 is 22.7 Å². The number of carbonyl (C=O) groups is 2. The number of ether oxygens (including phenoxy) is 1. The first-order valence-electron chi connectivity index (χ1n) is 9.17. The molecule has 2 aromatic heterocycles. The number of hydrogen-bond donors (Lipinski definition) is 1. The van der Waals surface area contributed by atoms with Crippen molar-refractivity contribution in [3.05, 3.63) is 22.4 Å². The summed E-state index contributed by atoms with van der Waals surface area (Å²) in [5.74, 6) is 0.197. The SMILES string of the molecule is Cc1ccc(-c2csc(NC(=O)C3CCN(C(=O)OCC(C)C)CC3)n2)s1. The molecule has 0 bridgehead atoms. The molecule has 1 fully saturated rings. The lowest BCUT2D eigenvalue weighted by atomic mass is 9.96. The van der Waals surface area contributed by atoms with Gasteiger partial charge in [0.25, 0.3) is 0 Å². The van der Waals surface area contributed by atoms with E-state index in [1.165, 1.54) is 16.2 Å². The van der Waals surface area contributed by atoms with Gasteiger partial charge in [0.05, 0.1) is 17.2 Å². The zero-order valence-corrected chi connectivity index (χ0v) is 17.5. The second-order valence-electron chi connectivity index (χ2n) is 7.17. The molecular formula is C19H25N3O3S2.